The van der Waals surface area contributed by atoms with Crippen molar-refractivity contribution < 1.29 is 7.48 Å². The minimum atomic E-state index is 0.249. The summed E-state index contributed by atoms with van der Waals surface area (Å²) in [6.45, 7) is 0. The van der Waals surface area contributed by atoms with Crippen LogP contribution in [0.2, 0.25) is 0 Å². The summed E-state index contributed by atoms with van der Waals surface area (Å²) in [5.74, 6) is 0.325. The standard InChI is InChI=1S/C9H13NO/c1-10(2)8-4-6-9(11-3)7-5-8/h4-7H,1-3H3/i6D,7D. The highest BCUT2D eigenvalue weighted by atomic mass is 16.5. The minimum Gasteiger partial charge on any atom is -0.497 e. The molecular formula is C9H13NO. The smallest absolute Gasteiger partial charge is 0.119 e. The van der Waals surface area contributed by atoms with E-state index in [1.807, 2.05) is 19.0 Å². The van der Waals surface area contributed by atoms with Crippen LogP contribution in [0.15, 0.2) is 24.2 Å². The SMILES string of the molecule is [2H]c1cc(N(C)C)cc([2H])c1OC. The van der Waals surface area contributed by atoms with E-state index in [0.717, 1.165) is 5.69 Å². The molecule has 0 N–H and O–H groups in total. The quantitative estimate of drug-likeness (QED) is 0.642. The van der Waals surface area contributed by atoms with E-state index in [4.69, 9.17) is 7.48 Å². The van der Waals surface area contributed by atoms with Crippen molar-refractivity contribution in [2.45, 2.75) is 0 Å². The Balaban J connectivity index is 3.20. The second kappa shape index (κ2) is 3.28. The Morgan fingerprint density at radius 3 is 2.27 bits per heavy atom. The fourth-order valence-electron chi connectivity index (χ4n) is 0.738. The van der Waals surface area contributed by atoms with Gasteiger partial charge >= 0.3 is 0 Å². The number of methoxy groups -OCH3 is 1. The fourth-order valence-corrected chi connectivity index (χ4v) is 0.738. The molecule has 0 saturated carbocycles. The van der Waals surface area contributed by atoms with Gasteiger partial charge in [0, 0.05) is 19.8 Å². The molecule has 0 saturated heterocycles. The molecule has 0 heterocycles. The Hall–Kier alpha value is -1.18. The first-order valence-electron chi connectivity index (χ1n) is 4.39. The van der Waals surface area contributed by atoms with E-state index >= 15 is 0 Å². The molecule has 0 unspecified atom stereocenters. The summed E-state index contributed by atoms with van der Waals surface area (Å²) in [4.78, 5) is 1.86. The summed E-state index contributed by atoms with van der Waals surface area (Å²) in [6, 6.07) is 3.85. The van der Waals surface area contributed by atoms with Crippen LogP contribution < -0.4 is 9.64 Å². The first-order chi connectivity index (χ1) is 6.06. The Morgan fingerprint density at radius 2 is 1.91 bits per heavy atom. The second-order valence-corrected chi connectivity index (χ2v) is 2.43. The molecule has 2 heteroatoms. The molecule has 0 aliphatic rings. The highest BCUT2D eigenvalue weighted by molar-refractivity contribution is 5.47. The van der Waals surface area contributed by atoms with Gasteiger partial charge in [-0.25, -0.2) is 0 Å². The molecule has 0 aliphatic heterocycles. The molecule has 0 spiro atoms. The van der Waals surface area contributed by atoms with Gasteiger partial charge in [-0.2, -0.15) is 0 Å². The molecule has 0 aliphatic carbocycles. The minimum absolute atomic E-state index is 0.249. The lowest BCUT2D eigenvalue weighted by Gasteiger charge is -2.11. The van der Waals surface area contributed by atoms with Gasteiger partial charge in [0.1, 0.15) is 5.75 Å². The van der Waals surface area contributed by atoms with Crippen LogP contribution in [-0.2, 0) is 0 Å². The van der Waals surface area contributed by atoms with Gasteiger partial charge in [0.05, 0.1) is 9.85 Å². The fraction of sp³-hybridized carbons (Fsp3) is 0.333. The van der Waals surface area contributed by atoms with E-state index in [0.29, 0.717) is 5.75 Å². The van der Waals surface area contributed by atoms with Crippen LogP contribution in [0, 0.1) is 0 Å². The topological polar surface area (TPSA) is 12.5 Å². The van der Waals surface area contributed by atoms with Crippen molar-refractivity contribution in [2.24, 2.45) is 0 Å². The number of anilines is 1. The van der Waals surface area contributed by atoms with Gasteiger partial charge in [-0.05, 0) is 24.2 Å². The molecule has 0 fully saturated rings. The van der Waals surface area contributed by atoms with Gasteiger partial charge in [-0.1, -0.05) is 0 Å². The molecule has 1 rings (SSSR count). The van der Waals surface area contributed by atoms with Crippen LogP contribution in [0.25, 0.3) is 0 Å². The zero-order valence-corrected chi connectivity index (χ0v) is 7.01. The van der Waals surface area contributed by atoms with Crippen LogP contribution in [0.4, 0.5) is 5.69 Å². The van der Waals surface area contributed by atoms with Gasteiger partial charge in [0.2, 0.25) is 0 Å². The van der Waals surface area contributed by atoms with Crippen molar-refractivity contribution in [3.63, 3.8) is 0 Å². The highest BCUT2D eigenvalue weighted by Crippen LogP contribution is 2.16. The lowest BCUT2D eigenvalue weighted by molar-refractivity contribution is 0.415. The van der Waals surface area contributed by atoms with E-state index in [9.17, 15) is 0 Å². The molecule has 0 radical (unpaired) electrons. The molecule has 60 valence electrons. The molecule has 0 bridgehead atoms. The van der Waals surface area contributed by atoms with E-state index < -0.39 is 0 Å². The van der Waals surface area contributed by atoms with Crippen molar-refractivity contribution in [3.8, 4) is 5.75 Å². The molecular weight excluding hydrogens is 138 g/mol. The maximum Gasteiger partial charge on any atom is 0.119 e. The molecule has 0 aromatic heterocycles. The summed E-state index contributed by atoms with van der Waals surface area (Å²) >= 11 is 0. The number of nitrogens with zero attached hydrogens (tertiary/aromatic N) is 1. The first-order valence-corrected chi connectivity index (χ1v) is 3.39. The number of ether oxygens (including phenoxy) is 1. The van der Waals surface area contributed by atoms with E-state index in [1.54, 1.807) is 12.1 Å². The van der Waals surface area contributed by atoms with Crippen LogP contribution in [0.1, 0.15) is 2.74 Å². The summed E-state index contributed by atoms with van der Waals surface area (Å²) in [5, 5.41) is 0. The van der Waals surface area contributed by atoms with Crippen molar-refractivity contribution in [2.75, 3.05) is 26.1 Å². The number of hydrogen-bond acceptors (Lipinski definition) is 2. The lowest BCUT2D eigenvalue weighted by atomic mass is 10.3. The van der Waals surface area contributed by atoms with E-state index in [-0.39, 0.29) is 12.1 Å². The van der Waals surface area contributed by atoms with Crippen molar-refractivity contribution in [1.29, 1.82) is 0 Å². The van der Waals surface area contributed by atoms with Gasteiger partial charge in [-0.15, -0.1) is 0 Å². The summed E-state index contributed by atoms with van der Waals surface area (Å²) in [7, 11) is 5.22. The maximum absolute atomic E-state index is 7.57. The maximum atomic E-state index is 7.57. The third-order valence-electron chi connectivity index (χ3n) is 1.42. The van der Waals surface area contributed by atoms with Crippen molar-refractivity contribution in [1.82, 2.24) is 0 Å². The Bertz CT molecular complexity index is 289. The zero-order valence-electron chi connectivity index (χ0n) is 9.01. The first kappa shape index (κ1) is 5.47. The van der Waals surface area contributed by atoms with Crippen LogP contribution in [-0.4, -0.2) is 21.2 Å². The third kappa shape index (κ3) is 1.87. The molecule has 1 aromatic rings. The van der Waals surface area contributed by atoms with E-state index in [2.05, 4.69) is 0 Å². The lowest BCUT2D eigenvalue weighted by Crippen LogP contribution is -2.07. The number of benzene rings is 1. The van der Waals surface area contributed by atoms with Crippen molar-refractivity contribution in [3.05, 3.63) is 24.2 Å². The number of hydrogen-bond donors (Lipinski definition) is 0. The van der Waals surface area contributed by atoms with E-state index in [1.165, 1.54) is 7.11 Å². The number of rotatable bonds is 2. The van der Waals surface area contributed by atoms with Crippen LogP contribution >= 0.6 is 0 Å². The van der Waals surface area contributed by atoms with Gasteiger partial charge in [-0.3, -0.25) is 0 Å². The van der Waals surface area contributed by atoms with Gasteiger partial charge < -0.3 is 9.64 Å². The summed E-state index contributed by atoms with van der Waals surface area (Å²) in [6.07, 6.45) is 0. The molecule has 0 amide bonds. The summed E-state index contributed by atoms with van der Waals surface area (Å²) < 4.78 is 20.1. The Labute approximate surface area is 70.2 Å². The Kier molecular flexibility index (Phi) is 1.63. The highest BCUT2D eigenvalue weighted by Gasteiger charge is 1.93. The predicted octanol–water partition coefficient (Wildman–Crippen LogP) is 1.76. The molecule has 2 nitrogen and oxygen atoms in total. The Morgan fingerprint density at radius 1 is 1.36 bits per heavy atom. The average Bonchev–Trinajstić information content (AvgIpc) is 2.03. The average molecular weight is 153 g/mol. The summed E-state index contributed by atoms with van der Waals surface area (Å²) in [5.41, 5.74) is 0.843. The molecule has 0 atom stereocenters. The zero-order chi connectivity index (χ0) is 10.0. The normalized spacial score (nSPS) is 11.9. The second-order valence-electron chi connectivity index (χ2n) is 2.43. The predicted molar refractivity (Wildman–Crippen MR) is 47.3 cm³/mol. The molecule has 1 aromatic carbocycles. The van der Waals surface area contributed by atoms with Gasteiger partial charge in [0.15, 0.2) is 0 Å². The van der Waals surface area contributed by atoms with Crippen molar-refractivity contribution >= 4 is 5.69 Å². The van der Waals surface area contributed by atoms with Crippen LogP contribution in [0.5, 0.6) is 5.75 Å². The monoisotopic (exact) mass is 153 g/mol. The van der Waals surface area contributed by atoms with Crippen LogP contribution in [0.3, 0.4) is 0 Å². The third-order valence-corrected chi connectivity index (χ3v) is 1.42. The largest absolute Gasteiger partial charge is 0.497 e. The molecule has 11 heavy (non-hydrogen) atoms. The van der Waals surface area contributed by atoms with Gasteiger partial charge in [0.25, 0.3) is 0 Å².